The quantitative estimate of drug-likeness (QED) is 0.196. The van der Waals surface area contributed by atoms with Crippen LogP contribution in [-0.4, -0.2) is 52.1 Å². The van der Waals surface area contributed by atoms with Gasteiger partial charge in [0.05, 0.1) is 6.04 Å². The SMILES string of the molecule is O=C(CO)NCCNc1nonc1C(=NC1Cc2ccc(F)cc21)NO. The number of carbonyl (C=O) groups is 1. The number of amidine groups is 1. The lowest BCUT2D eigenvalue weighted by atomic mass is 9.83. The van der Waals surface area contributed by atoms with E-state index in [2.05, 4.69) is 30.6 Å². The first kappa shape index (κ1) is 17.8. The monoisotopic (exact) mass is 364 g/mol. The minimum Gasteiger partial charge on any atom is -0.387 e. The van der Waals surface area contributed by atoms with E-state index in [-0.39, 0.29) is 42.3 Å². The van der Waals surface area contributed by atoms with Gasteiger partial charge < -0.3 is 15.7 Å². The number of aliphatic hydroxyl groups excluding tert-OH is 1. The molecule has 0 spiro atoms. The lowest BCUT2D eigenvalue weighted by Crippen LogP contribution is -2.31. The molecule has 1 aromatic carbocycles. The minimum atomic E-state index is -0.592. The molecular formula is C15H17FN6O4. The van der Waals surface area contributed by atoms with Gasteiger partial charge in [-0.3, -0.25) is 20.5 Å². The first-order valence-corrected chi connectivity index (χ1v) is 7.83. The van der Waals surface area contributed by atoms with Gasteiger partial charge in [-0.1, -0.05) is 6.07 Å². The highest BCUT2D eigenvalue weighted by Gasteiger charge is 2.28. The number of benzene rings is 1. The van der Waals surface area contributed by atoms with Crippen molar-refractivity contribution in [1.29, 1.82) is 0 Å². The van der Waals surface area contributed by atoms with Gasteiger partial charge in [-0.25, -0.2) is 9.02 Å². The Hall–Kier alpha value is -3.05. The van der Waals surface area contributed by atoms with Gasteiger partial charge in [0.25, 0.3) is 0 Å². The van der Waals surface area contributed by atoms with Gasteiger partial charge in [-0.2, -0.15) is 0 Å². The number of aliphatic hydroxyl groups is 1. The Morgan fingerprint density at radius 1 is 1.38 bits per heavy atom. The number of nitrogens with zero attached hydrogens (tertiary/aromatic N) is 3. The van der Waals surface area contributed by atoms with Crippen LogP contribution in [0.25, 0.3) is 0 Å². The summed E-state index contributed by atoms with van der Waals surface area (Å²) in [6.07, 6.45) is 0.613. The Morgan fingerprint density at radius 2 is 2.23 bits per heavy atom. The molecule has 1 aromatic heterocycles. The molecule has 5 N–H and O–H groups in total. The number of halogens is 1. The molecule has 0 aliphatic heterocycles. The minimum absolute atomic E-state index is 0.0213. The second-order valence-corrected chi connectivity index (χ2v) is 5.55. The molecule has 2 aromatic rings. The molecule has 1 aliphatic carbocycles. The number of fused-ring (bicyclic) bond motifs is 1. The number of hydrogen-bond donors (Lipinski definition) is 5. The summed E-state index contributed by atoms with van der Waals surface area (Å²) in [5.41, 5.74) is 3.84. The predicted molar refractivity (Wildman–Crippen MR) is 87.2 cm³/mol. The van der Waals surface area contributed by atoms with E-state index in [0.29, 0.717) is 6.42 Å². The molecule has 0 saturated carbocycles. The van der Waals surface area contributed by atoms with E-state index in [1.807, 2.05) is 5.48 Å². The maximum Gasteiger partial charge on any atom is 0.245 e. The normalized spacial score (nSPS) is 15.8. The fourth-order valence-corrected chi connectivity index (χ4v) is 2.56. The second kappa shape index (κ2) is 7.89. The van der Waals surface area contributed by atoms with E-state index in [9.17, 15) is 14.4 Å². The summed E-state index contributed by atoms with van der Waals surface area (Å²) in [5.74, 6) is -0.617. The largest absolute Gasteiger partial charge is 0.387 e. The molecule has 1 heterocycles. The van der Waals surface area contributed by atoms with Crippen LogP contribution in [-0.2, 0) is 11.2 Å². The zero-order chi connectivity index (χ0) is 18.5. The second-order valence-electron chi connectivity index (χ2n) is 5.55. The summed E-state index contributed by atoms with van der Waals surface area (Å²) in [6.45, 7) is -0.0748. The number of carbonyl (C=O) groups excluding carboxylic acids is 1. The molecule has 0 bridgehead atoms. The Kier molecular flexibility index (Phi) is 5.39. The van der Waals surface area contributed by atoms with Crippen molar-refractivity contribution in [3.05, 3.63) is 40.8 Å². The molecule has 0 fully saturated rings. The van der Waals surface area contributed by atoms with Crippen molar-refractivity contribution in [3.63, 3.8) is 0 Å². The van der Waals surface area contributed by atoms with Gasteiger partial charge in [0, 0.05) is 13.1 Å². The number of hydroxylamine groups is 1. The Labute approximate surface area is 147 Å². The fourth-order valence-electron chi connectivity index (χ4n) is 2.56. The zero-order valence-electron chi connectivity index (χ0n) is 13.6. The summed E-state index contributed by atoms with van der Waals surface area (Å²) in [7, 11) is 0. The number of rotatable bonds is 7. The standard InChI is InChI=1S/C15H17FN6O4/c16-9-2-1-8-5-11(10(8)6-9)19-15(20-25)13-14(22-26-21-13)18-4-3-17-12(24)7-23/h1-2,6,11,23,25H,3-5,7H2,(H,17,24)(H,18,22)(H,19,20). The highest BCUT2D eigenvalue weighted by atomic mass is 19.1. The number of nitrogens with one attached hydrogen (secondary N) is 3. The van der Waals surface area contributed by atoms with Gasteiger partial charge in [-0.05, 0) is 40.0 Å². The van der Waals surface area contributed by atoms with E-state index in [1.165, 1.54) is 12.1 Å². The van der Waals surface area contributed by atoms with Crippen LogP contribution in [0.5, 0.6) is 0 Å². The highest BCUT2D eigenvalue weighted by molar-refractivity contribution is 6.00. The van der Waals surface area contributed by atoms with Crippen molar-refractivity contribution in [2.75, 3.05) is 25.0 Å². The number of anilines is 1. The molecule has 1 aliphatic rings. The lowest BCUT2D eigenvalue weighted by Gasteiger charge is -2.27. The zero-order valence-corrected chi connectivity index (χ0v) is 13.6. The van der Waals surface area contributed by atoms with Gasteiger partial charge >= 0.3 is 0 Å². The average molecular weight is 364 g/mol. The third-order valence-corrected chi connectivity index (χ3v) is 3.87. The smallest absolute Gasteiger partial charge is 0.245 e. The topological polar surface area (TPSA) is 145 Å². The molecule has 0 saturated heterocycles. The van der Waals surface area contributed by atoms with E-state index in [4.69, 9.17) is 5.11 Å². The molecule has 0 radical (unpaired) electrons. The highest BCUT2D eigenvalue weighted by Crippen LogP contribution is 2.36. The van der Waals surface area contributed by atoms with E-state index in [1.54, 1.807) is 6.07 Å². The Morgan fingerprint density at radius 3 is 3.00 bits per heavy atom. The summed E-state index contributed by atoms with van der Waals surface area (Å²) in [5, 5.41) is 30.7. The Bertz CT molecular complexity index is 824. The number of hydrogen-bond acceptors (Lipinski definition) is 8. The molecule has 11 heteroatoms. The van der Waals surface area contributed by atoms with Gasteiger partial charge in [0.1, 0.15) is 12.4 Å². The van der Waals surface area contributed by atoms with Gasteiger partial charge in [0.2, 0.25) is 11.7 Å². The van der Waals surface area contributed by atoms with E-state index >= 15 is 0 Å². The van der Waals surface area contributed by atoms with Crippen LogP contribution in [0.1, 0.15) is 22.9 Å². The van der Waals surface area contributed by atoms with Crippen molar-refractivity contribution >= 4 is 17.6 Å². The van der Waals surface area contributed by atoms with Crippen LogP contribution in [0.3, 0.4) is 0 Å². The van der Waals surface area contributed by atoms with Crippen LogP contribution in [0.2, 0.25) is 0 Å². The molecule has 1 amide bonds. The van der Waals surface area contributed by atoms with E-state index < -0.39 is 12.5 Å². The summed E-state index contributed by atoms with van der Waals surface area (Å²) < 4.78 is 18.0. The maximum absolute atomic E-state index is 13.4. The lowest BCUT2D eigenvalue weighted by molar-refractivity contribution is -0.123. The first-order valence-electron chi connectivity index (χ1n) is 7.83. The third-order valence-electron chi connectivity index (χ3n) is 3.87. The van der Waals surface area contributed by atoms with Crippen LogP contribution in [0.15, 0.2) is 27.8 Å². The van der Waals surface area contributed by atoms with Crippen molar-refractivity contribution in [1.82, 2.24) is 21.1 Å². The van der Waals surface area contributed by atoms with Crippen molar-refractivity contribution in [2.45, 2.75) is 12.5 Å². The number of amides is 1. The van der Waals surface area contributed by atoms with Crippen LogP contribution >= 0.6 is 0 Å². The molecule has 1 unspecified atom stereocenters. The fraction of sp³-hybridized carbons (Fsp3) is 0.333. The summed E-state index contributed by atoms with van der Waals surface area (Å²) >= 11 is 0. The number of aromatic nitrogens is 2. The van der Waals surface area contributed by atoms with E-state index in [0.717, 1.165) is 11.1 Å². The number of aliphatic imine (C=N–C) groups is 1. The molecule has 10 nitrogen and oxygen atoms in total. The van der Waals surface area contributed by atoms with Crippen molar-refractivity contribution in [3.8, 4) is 0 Å². The predicted octanol–water partition coefficient (Wildman–Crippen LogP) is -0.248. The first-order chi connectivity index (χ1) is 12.6. The molecule has 26 heavy (non-hydrogen) atoms. The molecule has 1 atom stereocenters. The maximum atomic E-state index is 13.4. The third kappa shape index (κ3) is 3.78. The van der Waals surface area contributed by atoms with Crippen LogP contribution < -0.4 is 16.1 Å². The van der Waals surface area contributed by atoms with Crippen LogP contribution in [0, 0.1) is 5.82 Å². The van der Waals surface area contributed by atoms with Gasteiger partial charge in [-0.15, -0.1) is 0 Å². The van der Waals surface area contributed by atoms with Crippen molar-refractivity contribution < 1.29 is 24.1 Å². The Balaban J connectivity index is 1.68. The average Bonchev–Trinajstić information content (AvgIpc) is 3.09. The molecule has 3 rings (SSSR count). The summed E-state index contributed by atoms with van der Waals surface area (Å²) in [6, 6.07) is 4.19. The summed E-state index contributed by atoms with van der Waals surface area (Å²) in [4.78, 5) is 15.3. The molecule has 138 valence electrons. The molecular weight excluding hydrogens is 347 g/mol. The van der Waals surface area contributed by atoms with Crippen LogP contribution in [0.4, 0.5) is 10.2 Å². The van der Waals surface area contributed by atoms with Crippen molar-refractivity contribution in [2.24, 2.45) is 4.99 Å². The van der Waals surface area contributed by atoms with Gasteiger partial charge in [0.15, 0.2) is 11.5 Å².